The molecule has 0 N–H and O–H groups in total. The number of rotatable bonds is 3. The molecular formula is C19H24BrN5O2. The molecule has 0 aliphatic carbocycles. The van der Waals surface area contributed by atoms with Crippen molar-refractivity contribution in [1.82, 2.24) is 19.3 Å². The van der Waals surface area contributed by atoms with E-state index in [1.807, 2.05) is 46.1 Å². The van der Waals surface area contributed by atoms with E-state index in [-0.39, 0.29) is 0 Å². The summed E-state index contributed by atoms with van der Waals surface area (Å²) in [5.41, 5.74) is 2.27. The third-order valence-electron chi connectivity index (χ3n) is 4.22. The van der Waals surface area contributed by atoms with E-state index in [2.05, 4.69) is 43.7 Å². The van der Waals surface area contributed by atoms with Crippen LogP contribution >= 0.6 is 15.9 Å². The number of amides is 1. The lowest BCUT2D eigenvalue weighted by Crippen LogP contribution is -2.35. The molecular weight excluding hydrogens is 410 g/mol. The molecule has 0 aromatic carbocycles. The smallest absolute Gasteiger partial charge is 0.415 e. The molecule has 0 atom stereocenters. The summed E-state index contributed by atoms with van der Waals surface area (Å²) in [6, 6.07) is 3.88. The first kappa shape index (κ1) is 19.4. The number of aryl methyl sites for hydroxylation is 2. The Morgan fingerprint density at radius 1 is 1.33 bits per heavy atom. The number of nitrogens with zero attached hydrogens (tertiary/aromatic N) is 5. The fourth-order valence-corrected chi connectivity index (χ4v) is 3.29. The fraction of sp³-hybridized carbons (Fsp3) is 0.421. The Hall–Kier alpha value is -2.35. The highest BCUT2D eigenvalue weighted by Gasteiger charge is 2.24. The first-order valence-electron chi connectivity index (χ1n) is 8.76. The van der Waals surface area contributed by atoms with Crippen molar-refractivity contribution in [2.45, 2.75) is 39.8 Å². The zero-order chi connectivity index (χ0) is 19.9. The molecule has 27 heavy (non-hydrogen) atoms. The van der Waals surface area contributed by atoms with Gasteiger partial charge in [0.15, 0.2) is 0 Å². The molecule has 7 nitrogen and oxygen atoms in total. The number of ether oxygens (including phenoxy) is 1. The van der Waals surface area contributed by atoms with Crippen LogP contribution in [0.4, 0.5) is 10.6 Å². The molecule has 8 heteroatoms. The van der Waals surface area contributed by atoms with E-state index in [0.717, 1.165) is 33.3 Å². The first-order chi connectivity index (χ1) is 12.6. The van der Waals surface area contributed by atoms with Gasteiger partial charge in [-0.1, -0.05) is 0 Å². The van der Waals surface area contributed by atoms with Crippen LogP contribution in [0.1, 0.15) is 27.7 Å². The van der Waals surface area contributed by atoms with Crippen LogP contribution in [0.25, 0.3) is 22.2 Å². The zero-order valence-electron chi connectivity index (χ0n) is 16.4. The van der Waals surface area contributed by atoms with Gasteiger partial charge >= 0.3 is 6.09 Å². The molecule has 0 spiro atoms. The number of hydrogen-bond acceptors (Lipinski definition) is 4. The highest BCUT2D eigenvalue weighted by atomic mass is 79.9. The maximum atomic E-state index is 12.4. The summed E-state index contributed by atoms with van der Waals surface area (Å²) < 4.78 is 10.0. The Morgan fingerprint density at radius 2 is 2.04 bits per heavy atom. The second-order valence-corrected chi connectivity index (χ2v) is 8.22. The topological polar surface area (TPSA) is 65.2 Å². The highest BCUT2D eigenvalue weighted by Crippen LogP contribution is 2.33. The molecule has 3 rings (SSSR count). The molecule has 0 aliphatic rings. The number of halogens is 1. The van der Waals surface area contributed by atoms with E-state index >= 15 is 0 Å². The van der Waals surface area contributed by atoms with E-state index < -0.39 is 11.7 Å². The van der Waals surface area contributed by atoms with Crippen LogP contribution in [0, 0.1) is 0 Å². The van der Waals surface area contributed by atoms with Gasteiger partial charge in [0.1, 0.15) is 16.0 Å². The van der Waals surface area contributed by atoms with Gasteiger partial charge in [-0.25, -0.2) is 9.78 Å². The van der Waals surface area contributed by atoms with Crippen LogP contribution < -0.4 is 4.90 Å². The Kier molecular flexibility index (Phi) is 5.03. The van der Waals surface area contributed by atoms with Gasteiger partial charge in [-0.3, -0.25) is 9.58 Å². The molecule has 0 bridgehead atoms. The standard InChI is InChI=1S/C19H24BrN5O2/c1-7-25-11-13(12-8-16(20)21-10-15(12)25)14-9-17(24(6)22-14)23(5)18(26)27-19(2,3)4/h8-11H,7H2,1-6H3. The molecule has 3 heterocycles. The molecule has 0 radical (unpaired) electrons. The van der Waals surface area contributed by atoms with Gasteiger partial charge in [0.05, 0.1) is 17.4 Å². The number of pyridine rings is 1. The van der Waals surface area contributed by atoms with Gasteiger partial charge in [0.2, 0.25) is 0 Å². The van der Waals surface area contributed by atoms with Crippen molar-refractivity contribution in [3.8, 4) is 11.3 Å². The Balaban J connectivity index is 2.03. The maximum absolute atomic E-state index is 12.4. The normalized spacial score (nSPS) is 11.8. The summed E-state index contributed by atoms with van der Waals surface area (Å²) in [5, 5.41) is 5.69. The largest absolute Gasteiger partial charge is 0.443 e. The van der Waals surface area contributed by atoms with Crippen molar-refractivity contribution in [2.75, 3.05) is 11.9 Å². The summed E-state index contributed by atoms with van der Waals surface area (Å²) >= 11 is 3.44. The number of carbonyl (C=O) groups is 1. The monoisotopic (exact) mass is 433 g/mol. The highest BCUT2D eigenvalue weighted by molar-refractivity contribution is 9.10. The Morgan fingerprint density at radius 3 is 2.67 bits per heavy atom. The molecule has 0 saturated heterocycles. The zero-order valence-corrected chi connectivity index (χ0v) is 18.0. The lowest BCUT2D eigenvalue weighted by atomic mass is 10.1. The molecule has 0 saturated carbocycles. The van der Waals surface area contributed by atoms with Crippen molar-refractivity contribution in [1.29, 1.82) is 0 Å². The van der Waals surface area contributed by atoms with Crippen LogP contribution in [0.5, 0.6) is 0 Å². The van der Waals surface area contributed by atoms with Gasteiger partial charge in [-0.15, -0.1) is 0 Å². The summed E-state index contributed by atoms with van der Waals surface area (Å²) in [4.78, 5) is 18.2. The van der Waals surface area contributed by atoms with Gasteiger partial charge < -0.3 is 9.30 Å². The predicted molar refractivity (Wildman–Crippen MR) is 110 cm³/mol. The summed E-state index contributed by atoms with van der Waals surface area (Å²) in [7, 11) is 3.50. The average Bonchev–Trinajstić information content (AvgIpc) is 3.12. The Labute approximate surface area is 167 Å². The molecule has 0 aliphatic heterocycles. The molecule has 3 aromatic rings. The van der Waals surface area contributed by atoms with Gasteiger partial charge in [-0.05, 0) is 49.7 Å². The maximum Gasteiger partial charge on any atom is 0.415 e. The lowest BCUT2D eigenvalue weighted by Gasteiger charge is -2.24. The van der Waals surface area contributed by atoms with Crippen LogP contribution in [-0.2, 0) is 18.3 Å². The lowest BCUT2D eigenvalue weighted by molar-refractivity contribution is 0.0587. The number of fused-ring (bicyclic) bond motifs is 1. The Bertz CT molecular complexity index is 1000. The second kappa shape index (κ2) is 6.99. The van der Waals surface area contributed by atoms with E-state index in [1.165, 1.54) is 4.90 Å². The minimum Gasteiger partial charge on any atom is -0.443 e. The van der Waals surface area contributed by atoms with E-state index in [1.54, 1.807) is 11.7 Å². The SMILES string of the molecule is CCn1cc(-c2cc(N(C)C(=O)OC(C)(C)C)n(C)n2)c2cc(Br)ncc21. The first-order valence-corrected chi connectivity index (χ1v) is 9.55. The summed E-state index contributed by atoms with van der Waals surface area (Å²) in [6.45, 7) is 8.46. The summed E-state index contributed by atoms with van der Waals surface area (Å²) in [6.07, 6.45) is 3.50. The third-order valence-corrected chi connectivity index (χ3v) is 4.65. The van der Waals surface area contributed by atoms with Gasteiger partial charge in [0, 0.05) is 43.9 Å². The number of carbonyl (C=O) groups excluding carboxylic acids is 1. The van der Waals surface area contributed by atoms with Crippen LogP contribution in [-0.4, -0.2) is 38.1 Å². The molecule has 144 valence electrons. The molecule has 0 fully saturated rings. The minimum absolute atomic E-state index is 0.417. The second-order valence-electron chi connectivity index (χ2n) is 7.40. The third kappa shape index (κ3) is 3.85. The van der Waals surface area contributed by atoms with Crippen molar-refractivity contribution in [2.24, 2.45) is 7.05 Å². The van der Waals surface area contributed by atoms with Crippen molar-refractivity contribution in [3.63, 3.8) is 0 Å². The molecule has 0 unspecified atom stereocenters. The predicted octanol–water partition coefficient (Wildman–Crippen LogP) is 4.59. The fourth-order valence-electron chi connectivity index (χ4n) is 2.95. The van der Waals surface area contributed by atoms with Crippen LogP contribution in [0.3, 0.4) is 0 Å². The van der Waals surface area contributed by atoms with E-state index in [9.17, 15) is 4.79 Å². The number of anilines is 1. The average molecular weight is 434 g/mol. The van der Waals surface area contributed by atoms with Crippen molar-refractivity contribution < 1.29 is 9.53 Å². The van der Waals surface area contributed by atoms with Crippen molar-refractivity contribution in [3.05, 3.63) is 29.1 Å². The number of hydrogen-bond donors (Lipinski definition) is 0. The van der Waals surface area contributed by atoms with Crippen LogP contribution in [0.15, 0.2) is 29.1 Å². The molecule has 1 amide bonds. The number of aromatic nitrogens is 4. The van der Waals surface area contributed by atoms with Crippen LogP contribution in [0.2, 0.25) is 0 Å². The van der Waals surface area contributed by atoms with Crippen molar-refractivity contribution >= 4 is 38.7 Å². The molecule has 3 aromatic heterocycles. The van der Waals surface area contributed by atoms with E-state index in [0.29, 0.717) is 5.82 Å². The van der Waals surface area contributed by atoms with E-state index in [4.69, 9.17) is 4.74 Å². The van der Waals surface area contributed by atoms with Gasteiger partial charge in [-0.2, -0.15) is 5.10 Å². The van der Waals surface area contributed by atoms with Gasteiger partial charge in [0.25, 0.3) is 0 Å². The summed E-state index contributed by atoms with van der Waals surface area (Å²) in [5.74, 6) is 0.657. The quantitative estimate of drug-likeness (QED) is 0.566. The minimum atomic E-state index is -0.555.